The SMILES string of the molecule is [2H]C([2H])([2H])N1CC[C@]23c4cc(OC)ccc4C[C@H]1[C@@]2([2H])C([2H])([2H])C([2H])(C)C([2H])([2H])C3([2H])[2H].[2H]C([2H])([2H])N1CC[C@]23c4cc(OC)ccc4C[C@H]1[C@@]2([2H])C([2H])([2H])C([2H])(C)C([2H])([2H])C3([2H])[2H].[2H]C1([2H])C([2H])(C)C([2H])([2H])[C@]2([2H])[C@@H]3Cc4ccc(OC)cc4[C@]2(CCN3C)C1([2H])[2H].[2H]C1([2H])C([2H])(C)C([2H])([2H])[C@]2([2H])[C@@H]3Cc4ccc(OC)cc4[C@]2(CCN3C)C1([2H])[2H].[2H]C1([2H])c2ccc(OC)cc2[C@@]23CCN(C)[C@@H]1[C@@]2([2H])C([2H])([2H])C([2H])(C)C([2H])([2H])C3([2H])[2H].[2H]C1([2H])c2ccc(OC)cc2[C@@]23CCN(C)[C@@H]1[C@@]2([2H])C([2H])([2H])C([2H])(C)C([2H])([2H])C3([2H])[2H]. The van der Waals surface area contributed by atoms with Crippen molar-refractivity contribution in [1.29, 1.82) is 0 Å². The second kappa shape index (κ2) is 35.4. The van der Waals surface area contributed by atoms with Gasteiger partial charge in [-0.1, -0.05) is 77.9 Å². The molecule has 0 spiro atoms. The van der Waals surface area contributed by atoms with Crippen molar-refractivity contribution in [2.45, 2.75) is 302 Å². The standard InChI is InChI=1S/6C19H27NO/c6*1-13-6-7-19-8-9-20(2)18(17(19)10-13)11-14-4-5-15(21-3)12-16(14)19/h6*4-5,12-13,17-18H,6-11H2,1-3H3/t6*13?,17-,18+,19-/m111111/s1/i2*6D2,7D2,10D2,11D2,13D,17D;2*2D3,6D2,7D2,10D2,13D,17D;2*6D2,7D2,10D2,13D,17D. The highest BCUT2D eigenvalue weighted by Gasteiger charge is 2.61. The highest BCUT2D eigenvalue weighted by Crippen LogP contribution is 2.64. The molecule has 0 amide bonds. The van der Waals surface area contributed by atoms with Crippen molar-refractivity contribution in [3.8, 4) is 34.5 Å². The number of rotatable bonds is 6. The fraction of sp³-hybridized carbons (Fsp3) is 0.684. The van der Waals surface area contributed by atoms with Crippen molar-refractivity contribution < 1.29 is 108 Å². The Morgan fingerprint density at radius 3 is 0.667 bits per heavy atom. The summed E-state index contributed by atoms with van der Waals surface area (Å²) in [6.07, 6.45) is -55.6. The zero-order chi connectivity index (χ0) is 140. The minimum Gasteiger partial charge on any atom is -0.497 e. The summed E-state index contributed by atoms with van der Waals surface area (Å²) in [4.78, 5) is 8.95. The number of nitrogens with zero attached hydrogens (tertiary/aromatic N) is 6. The Bertz CT molecular complexity index is 7420. The van der Waals surface area contributed by atoms with Crippen molar-refractivity contribution in [3.05, 3.63) is 176 Å². The van der Waals surface area contributed by atoms with Gasteiger partial charge in [0.25, 0.3) is 0 Å². The minimum absolute atomic E-state index is 0.0301. The van der Waals surface area contributed by atoms with E-state index in [9.17, 15) is 8.22 Å². The van der Waals surface area contributed by atoms with Crippen LogP contribution >= 0.6 is 0 Å². The van der Waals surface area contributed by atoms with E-state index in [4.69, 9.17) is 99.7 Å². The van der Waals surface area contributed by atoms with E-state index >= 15 is 0 Å². The average Bonchev–Trinajstić information content (AvgIpc) is 0.624. The van der Waals surface area contributed by atoms with Crippen LogP contribution in [0.3, 0.4) is 0 Å². The first-order valence-electron chi connectivity index (χ1n) is 73.3. The summed E-state index contributed by atoms with van der Waals surface area (Å²) in [7, 11) is 15.4. The molecule has 6 aliphatic heterocycles. The number of benzene rings is 6. The zero-order valence-corrected chi connectivity index (χ0v) is 75.3. The van der Waals surface area contributed by atoms with E-state index in [1.165, 1.54) is 101 Å². The van der Waals surface area contributed by atoms with Crippen LogP contribution in [0.4, 0.5) is 0 Å². The number of likely N-dealkylation sites (tertiary alicyclic amines) is 6. The maximum atomic E-state index is 9.61. The van der Waals surface area contributed by atoms with Crippen molar-refractivity contribution in [1.82, 2.24) is 29.4 Å². The summed E-state index contributed by atoms with van der Waals surface area (Å²) in [5.74, 6) is -27.4. The molecule has 6 unspecified atom stereocenters. The summed E-state index contributed by atoms with van der Waals surface area (Å²) in [6, 6.07) is 22.2. The fourth-order valence-electron chi connectivity index (χ4n) is 22.7. The van der Waals surface area contributed by atoms with E-state index in [0.717, 1.165) is 62.5 Å². The zero-order valence-electron chi connectivity index (χ0n) is 133. The molecule has 6 aromatic carbocycles. The molecule has 12 aliphatic carbocycles. The maximum Gasteiger partial charge on any atom is 0.119 e. The van der Waals surface area contributed by atoms with Crippen LogP contribution in [0.5, 0.6) is 34.5 Å². The largest absolute Gasteiger partial charge is 0.497 e. The molecule has 0 N–H and O–H groups in total. The van der Waals surface area contributed by atoms with Crippen LogP contribution in [-0.2, 0) is 70.9 Å². The number of ether oxygens (including phenoxy) is 6. The predicted molar refractivity (Wildman–Crippen MR) is 515 cm³/mol. The molecule has 684 valence electrons. The fourth-order valence-corrected chi connectivity index (χ4v) is 22.7. The van der Waals surface area contributed by atoms with Gasteiger partial charge >= 0.3 is 0 Å². The van der Waals surface area contributed by atoms with Gasteiger partial charge in [-0.3, -0.25) is 0 Å². The van der Waals surface area contributed by atoms with Crippen LogP contribution in [0, 0.1) is 70.7 Å². The summed E-state index contributed by atoms with van der Waals surface area (Å²) < 4.78 is 545. The normalized spacial score (nSPS) is 60.5. The first-order valence-corrected chi connectivity index (χ1v) is 44.3. The number of piperidine rings is 6. The lowest BCUT2D eigenvalue weighted by Gasteiger charge is -2.59. The van der Waals surface area contributed by atoms with Gasteiger partial charge in [0.15, 0.2) is 0 Å². The first-order chi connectivity index (χ1) is 82.8. The van der Waals surface area contributed by atoms with Crippen LogP contribution < -0.4 is 28.4 Å². The molecule has 12 bridgehead atoms. The Balaban J connectivity index is 0.000000133. The van der Waals surface area contributed by atoms with Gasteiger partial charge in [0.2, 0.25) is 0 Å². The lowest BCUT2D eigenvalue weighted by Crippen LogP contribution is -2.60. The van der Waals surface area contributed by atoms with Crippen LogP contribution in [0.25, 0.3) is 0 Å². The first kappa shape index (κ1) is 44.2. The van der Waals surface area contributed by atoms with Gasteiger partial charge in [-0.2, -0.15) is 0 Å². The number of hydrogen-bond donors (Lipinski definition) is 0. The van der Waals surface area contributed by atoms with E-state index < -0.39 is 281 Å². The Labute approximate surface area is 843 Å². The molecular weight excluding hydrogens is 1550 g/mol. The molecule has 6 saturated heterocycles. The van der Waals surface area contributed by atoms with Gasteiger partial charge in [0.05, 0.1) is 42.7 Å². The number of fused-ring (bicyclic) bond motifs is 6. The van der Waals surface area contributed by atoms with E-state index in [1.807, 2.05) is 21.9 Å². The third kappa shape index (κ3) is 15.4. The summed E-state index contributed by atoms with van der Waals surface area (Å²) in [6.45, 7) is 1.65. The van der Waals surface area contributed by atoms with Gasteiger partial charge in [-0.05, 0) is 483 Å². The van der Waals surface area contributed by atoms with E-state index in [1.54, 1.807) is 76.7 Å². The number of methoxy groups -OCH3 is 6. The quantitative estimate of drug-likeness (QED) is 0.159. The van der Waals surface area contributed by atoms with Gasteiger partial charge in [0.1, 0.15) is 34.5 Å². The Morgan fingerprint density at radius 1 is 0.270 bits per heavy atom. The van der Waals surface area contributed by atoms with E-state index in [-0.39, 0.29) is 111 Å². The highest BCUT2D eigenvalue weighted by molar-refractivity contribution is 5.52. The predicted octanol–water partition coefficient (Wildman–Crippen LogP) is 21.8. The molecule has 24 atom stereocenters. The molecule has 6 heterocycles. The average molecular weight is 1770 g/mol. The monoisotopic (exact) mass is 1770 g/mol. The highest BCUT2D eigenvalue weighted by atomic mass is 16.5. The maximum absolute atomic E-state index is 9.61. The third-order valence-corrected chi connectivity index (χ3v) is 29.6. The summed E-state index contributed by atoms with van der Waals surface area (Å²) in [5.41, 5.74) is -7.26. The van der Waals surface area contributed by atoms with Gasteiger partial charge in [-0.15, -0.1) is 0 Å². The van der Waals surface area contributed by atoms with Crippen LogP contribution in [-0.4, -0.2) is 190 Å². The number of hydrogen-bond acceptors (Lipinski definition) is 12. The summed E-state index contributed by atoms with van der Waals surface area (Å²) in [5, 5.41) is 0. The molecule has 12 nitrogen and oxygen atoms in total. The van der Waals surface area contributed by atoms with Gasteiger partial charge in [0, 0.05) is 148 Å². The van der Waals surface area contributed by atoms with E-state index in [0.29, 0.717) is 82.7 Å². The second-order valence-electron chi connectivity index (χ2n) is 36.6. The van der Waals surface area contributed by atoms with Crippen LogP contribution in [0.15, 0.2) is 109 Å². The van der Waals surface area contributed by atoms with Crippen LogP contribution in [0.1, 0.15) is 341 Å². The van der Waals surface area contributed by atoms with Crippen LogP contribution in [0.2, 0.25) is 0 Å². The molecular formula is C114H162N6O6. The molecule has 6 aromatic rings. The number of likely N-dealkylation sites (N-methyl/N-ethyl adjacent to an activating group) is 6. The lowest BCUT2D eigenvalue weighted by atomic mass is 9.51. The minimum atomic E-state index is -2.99. The Kier molecular flexibility index (Phi) is 12.4. The molecule has 0 radical (unpaired) electrons. The molecule has 12 heteroatoms. The second-order valence-corrected chi connectivity index (χ2v) is 36.6. The molecule has 12 fully saturated rings. The molecule has 6 saturated carbocycles. The van der Waals surface area contributed by atoms with E-state index in [2.05, 4.69) is 0 Å². The van der Waals surface area contributed by atoms with Crippen molar-refractivity contribution >= 4 is 0 Å². The Morgan fingerprint density at radius 2 is 0.452 bits per heavy atom. The molecule has 18 aliphatic rings. The molecule has 126 heavy (non-hydrogen) atoms. The van der Waals surface area contributed by atoms with Crippen molar-refractivity contribution in [3.63, 3.8) is 0 Å². The topological polar surface area (TPSA) is 74.8 Å². The third-order valence-electron chi connectivity index (χ3n) is 29.6. The molecule has 0 aromatic heterocycles. The molecule has 24 rings (SSSR count). The summed E-state index contributed by atoms with van der Waals surface area (Å²) >= 11 is 0. The van der Waals surface area contributed by atoms with Crippen molar-refractivity contribution in [2.75, 3.05) is 124 Å². The smallest absolute Gasteiger partial charge is 0.119 e. The Hall–Kier alpha value is -6.12. The van der Waals surface area contributed by atoms with Gasteiger partial charge < -0.3 is 57.8 Å². The van der Waals surface area contributed by atoms with Gasteiger partial charge in [-0.25, -0.2) is 0 Å². The lowest BCUT2D eigenvalue weighted by molar-refractivity contribution is -0.0112. The van der Waals surface area contributed by atoms with Crippen molar-refractivity contribution in [2.24, 2.45) is 70.7 Å².